The van der Waals surface area contributed by atoms with Crippen molar-refractivity contribution >= 4 is 22.5 Å². The molecule has 1 aliphatic heterocycles. The van der Waals surface area contributed by atoms with Gasteiger partial charge in [-0.2, -0.15) is 0 Å². The van der Waals surface area contributed by atoms with E-state index in [4.69, 9.17) is 4.74 Å². The van der Waals surface area contributed by atoms with Gasteiger partial charge in [0.25, 0.3) is 5.69 Å². The smallest absolute Gasteiger partial charge is 0.292 e. The van der Waals surface area contributed by atoms with Gasteiger partial charge in [-0.3, -0.25) is 19.2 Å². The van der Waals surface area contributed by atoms with Gasteiger partial charge in [-0.25, -0.2) is 0 Å². The molecule has 21 heavy (non-hydrogen) atoms. The second-order valence-electron chi connectivity index (χ2n) is 4.69. The SMILES string of the molecule is CN(c1ccccc1[N+](=O)[O-])C1CN(CS(=O)[O-])CCO1. The van der Waals surface area contributed by atoms with E-state index < -0.39 is 22.2 Å². The third-order valence-electron chi connectivity index (χ3n) is 3.31. The van der Waals surface area contributed by atoms with Crippen LogP contribution in [0.5, 0.6) is 0 Å². The lowest BCUT2D eigenvalue weighted by Crippen LogP contribution is -2.50. The Morgan fingerprint density at radius 2 is 2.24 bits per heavy atom. The summed E-state index contributed by atoms with van der Waals surface area (Å²) in [5.41, 5.74) is 0.436. The fourth-order valence-corrected chi connectivity index (χ4v) is 2.79. The van der Waals surface area contributed by atoms with Gasteiger partial charge in [0, 0.05) is 26.2 Å². The van der Waals surface area contributed by atoms with Crippen LogP contribution in [0.15, 0.2) is 24.3 Å². The van der Waals surface area contributed by atoms with E-state index in [0.717, 1.165) is 0 Å². The predicted molar refractivity (Wildman–Crippen MR) is 76.6 cm³/mol. The lowest BCUT2D eigenvalue weighted by molar-refractivity contribution is -0.384. The Bertz CT molecular complexity index is 541. The maximum absolute atomic E-state index is 11.1. The summed E-state index contributed by atoms with van der Waals surface area (Å²) in [6, 6.07) is 6.39. The van der Waals surface area contributed by atoms with Gasteiger partial charge >= 0.3 is 0 Å². The van der Waals surface area contributed by atoms with Crippen molar-refractivity contribution in [3.05, 3.63) is 34.4 Å². The Balaban J connectivity index is 2.14. The molecule has 0 bridgehead atoms. The zero-order valence-electron chi connectivity index (χ0n) is 11.5. The Hall–Kier alpha value is -1.55. The molecule has 0 amide bonds. The number of rotatable bonds is 5. The normalized spacial score (nSPS) is 21.0. The van der Waals surface area contributed by atoms with E-state index in [1.807, 2.05) is 0 Å². The summed E-state index contributed by atoms with van der Waals surface area (Å²) >= 11 is -2.15. The van der Waals surface area contributed by atoms with E-state index in [1.165, 1.54) is 6.07 Å². The summed E-state index contributed by atoms with van der Waals surface area (Å²) in [5, 5.41) is 11.1. The van der Waals surface area contributed by atoms with Crippen LogP contribution in [0, 0.1) is 10.1 Å². The summed E-state index contributed by atoms with van der Waals surface area (Å²) in [6.07, 6.45) is -0.427. The first kappa shape index (κ1) is 15.8. The number of hydrogen-bond acceptors (Lipinski definition) is 7. The van der Waals surface area contributed by atoms with Crippen LogP contribution in [0.25, 0.3) is 0 Å². The zero-order chi connectivity index (χ0) is 15.4. The minimum absolute atomic E-state index is 0.00637. The molecule has 1 aliphatic rings. The molecular weight excluding hydrogens is 298 g/mol. The first-order chi connectivity index (χ1) is 9.99. The number of likely N-dealkylation sites (N-methyl/N-ethyl adjacent to an activating group) is 1. The molecule has 1 fully saturated rings. The Labute approximate surface area is 124 Å². The Morgan fingerprint density at radius 3 is 2.90 bits per heavy atom. The fraction of sp³-hybridized carbons (Fsp3) is 0.500. The van der Waals surface area contributed by atoms with Gasteiger partial charge < -0.3 is 14.2 Å². The van der Waals surface area contributed by atoms with Crippen LogP contribution in [-0.2, 0) is 15.8 Å². The van der Waals surface area contributed by atoms with Gasteiger partial charge in [0.2, 0.25) is 0 Å². The first-order valence-electron chi connectivity index (χ1n) is 6.35. The van der Waals surface area contributed by atoms with Crippen LogP contribution in [0.1, 0.15) is 0 Å². The largest absolute Gasteiger partial charge is 0.771 e. The molecule has 0 radical (unpaired) electrons. The zero-order valence-corrected chi connectivity index (χ0v) is 12.3. The maximum atomic E-state index is 11.1. The number of nitro groups is 1. The number of hydrogen-bond donors (Lipinski definition) is 0. The van der Waals surface area contributed by atoms with Gasteiger partial charge in [-0.05, 0) is 17.1 Å². The number of para-hydroxylation sites is 2. The molecule has 2 rings (SSSR count). The quantitative estimate of drug-likeness (QED) is 0.444. The van der Waals surface area contributed by atoms with Crippen molar-refractivity contribution in [1.29, 1.82) is 0 Å². The van der Waals surface area contributed by atoms with Gasteiger partial charge in [0.05, 0.1) is 17.4 Å². The van der Waals surface area contributed by atoms with Crippen LogP contribution in [-0.4, -0.2) is 57.4 Å². The van der Waals surface area contributed by atoms with Crippen LogP contribution in [0.2, 0.25) is 0 Å². The molecule has 1 aromatic rings. The van der Waals surface area contributed by atoms with E-state index >= 15 is 0 Å². The molecule has 8 nitrogen and oxygen atoms in total. The molecule has 1 heterocycles. The summed E-state index contributed by atoms with van der Waals surface area (Å²) in [6.45, 7) is 1.28. The van der Waals surface area contributed by atoms with Crippen molar-refractivity contribution in [1.82, 2.24) is 4.90 Å². The fourth-order valence-electron chi connectivity index (χ4n) is 2.26. The molecule has 0 saturated carbocycles. The first-order valence-corrected chi connectivity index (χ1v) is 7.59. The van der Waals surface area contributed by atoms with Crippen molar-refractivity contribution < 1.29 is 18.4 Å². The van der Waals surface area contributed by atoms with E-state index in [9.17, 15) is 18.9 Å². The number of morpholine rings is 1. The molecule has 9 heteroatoms. The molecule has 0 N–H and O–H groups in total. The van der Waals surface area contributed by atoms with Crippen LogP contribution >= 0.6 is 0 Å². The second-order valence-corrected chi connectivity index (χ2v) is 5.56. The average Bonchev–Trinajstić information content (AvgIpc) is 2.46. The van der Waals surface area contributed by atoms with E-state index in [0.29, 0.717) is 25.4 Å². The number of nitrogens with zero attached hydrogens (tertiary/aromatic N) is 3. The van der Waals surface area contributed by atoms with Crippen molar-refractivity contribution in [2.75, 3.05) is 37.5 Å². The third-order valence-corrected chi connectivity index (χ3v) is 3.89. The van der Waals surface area contributed by atoms with Crippen molar-refractivity contribution in [3.63, 3.8) is 0 Å². The molecule has 0 spiro atoms. The number of benzene rings is 1. The monoisotopic (exact) mass is 314 g/mol. The van der Waals surface area contributed by atoms with Crippen molar-refractivity contribution in [2.24, 2.45) is 0 Å². The number of nitro benzene ring substituents is 1. The second kappa shape index (κ2) is 6.94. The predicted octanol–water partition coefficient (Wildman–Crippen LogP) is 0.526. The summed E-state index contributed by atoms with van der Waals surface area (Å²) in [7, 11) is 1.70. The van der Waals surface area contributed by atoms with Gasteiger partial charge in [0.15, 0.2) is 0 Å². The molecule has 1 saturated heterocycles. The molecule has 0 aliphatic carbocycles. The summed E-state index contributed by atoms with van der Waals surface area (Å²) in [5.74, 6) is -0.0649. The molecule has 1 aromatic carbocycles. The minimum Gasteiger partial charge on any atom is -0.771 e. The molecule has 2 unspecified atom stereocenters. The minimum atomic E-state index is -2.15. The Kier molecular flexibility index (Phi) is 5.23. The van der Waals surface area contributed by atoms with Crippen LogP contribution < -0.4 is 4.90 Å². The third kappa shape index (κ3) is 3.97. The molecule has 0 aromatic heterocycles. The van der Waals surface area contributed by atoms with Gasteiger partial charge in [-0.1, -0.05) is 12.1 Å². The number of anilines is 1. The highest BCUT2D eigenvalue weighted by atomic mass is 32.2. The van der Waals surface area contributed by atoms with Gasteiger partial charge in [0.1, 0.15) is 11.9 Å². The Morgan fingerprint density at radius 1 is 1.52 bits per heavy atom. The molecule has 116 valence electrons. The van der Waals surface area contributed by atoms with Gasteiger partial charge in [-0.15, -0.1) is 0 Å². The van der Waals surface area contributed by atoms with Crippen molar-refractivity contribution in [2.45, 2.75) is 6.23 Å². The maximum Gasteiger partial charge on any atom is 0.292 e. The molecule has 2 atom stereocenters. The topological polar surface area (TPSA) is 99.0 Å². The van der Waals surface area contributed by atoms with Crippen LogP contribution in [0.3, 0.4) is 0 Å². The van der Waals surface area contributed by atoms with Crippen LogP contribution in [0.4, 0.5) is 11.4 Å². The standard InChI is InChI=1S/C12H17N3O5S/c1-13(10-4-2-3-5-11(10)15(16)17)12-8-14(6-7-20-12)9-21(18)19/h2-5,12H,6-9H2,1H3,(H,18,19)/p-1. The average molecular weight is 314 g/mol. The molecular formula is C12H16N3O5S-. The van der Waals surface area contributed by atoms with E-state index in [2.05, 4.69) is 0 Å². The van der Waals surface area contributed by atoms with Crippen molar-refractivity contribution in [3.8, 4) is 0 Å². The van der Waals surface area contributed by atoms with E-state index in [1.54, 1.807) is 35.0 Å². The number of ether oxygens (including phenoxy) is 1. The lowest BCUT2D eigenvalue weighted by Gasteiger charge is -2.38. The highest BCUT2D eigenvalue weighted by Crippen LogP contribution is 2.28. The lowest BCUT2D eigenvalue weighted by atomic mass is 10.2. The summed E-state index contributed by atoms with van der Waals surface area (Å²) in [4.78, 5) is 14.0. The summed E-state index contributed by atoms with van der Waals surface area (Å²) < 4.78 is 27.1. The highest BCUT2D eigenvalue weighted by molar-refractivity contribution is 7.79. The van der Waals surface area contributed by atoms with E-state index in [-0.39, 0.29) is 11.6 Å². The highest BCUT2D eigenvalue weighted by Gasteiger charge is 2.27.